The van der Waals surface area contributed by atoms with Gasteiger partial charge in [-0.2, -0.15) is 0 Å². The summed E-state index contributed by atoms with van der Waals surface area (Å²) < 4.78 is 2.17. The number of fused-ring (bicyclic) bond motifs is 2. The van der Waals surface area contributed by atoms with Crippen molar-refractivity contribution in [2.24, 2.45) is 0 Å². The Hall–Kier alpha value is -3.81. The molecule has 8 nitrogen and oxygen atoms in total. The summed E-state index contributed by atoms with van der Waals surface area (Å²) in [5, 5.41) is 0. The minimum atomic E-state index is -0.395. The minimum Gasteiger partial charge on any atom is -0.344 e. The topological polar surface area (TPSA) is 105 Å². The van der Waals surface area contributed by atoms with Crippen LogP contribution in [0.1, 0.15) is 20.8 Å². The molecule has 5 aromatic rings. The lowest BCUT2D eigenvalue weighted by Crippen LogP contribution is -2.20. The fourth-order valence-corrected chi connectivity index (χ4v) is 3.44. The fraction of sp³-hybridized carbons (Fsp3) is 0.190. The smallest absolute Gasteiger partial charge is 0.344 e. The molecule has 0 bridgehead atoms. The van der Waals surface area contributed by atoms with E-state index in [1.807, 2.05) is 24.7 Å². The van der Waals surface area contributed by atoms with Crippen LogP contribution in [0.4, 0.5) is 0 Å². The third kappa shape index (κ3) is 2.89. The number of nitrogens with zero attached hydrogens (tertiary/aromatic N) is 5. The highest BCUT2D eigenvalue weighted by molar-refractivity contribution is 5.94. The fourth-order valence-electron chi connectivity index (χ4n) is 3.44. The Bertz CT molecular complexity index is 1400. The molecule has 0 spiro atoms. The number of benzene rings is 1. The Morgan fingerprint density at radius 1 is 0.966 bits per heavy atom. The molecule has 0 aliphatic heterocycles. The van der Waals surface area contributed by atoms with Crippen molar-refractivity contribution in [1.82, 2.24) is 34.5 Å². The standard InChI is InChI=1S/C21H19N7O/c1-21(2,3)28-11-26-15-5-4-12(6-17(15)28)14-9-22-19-18(14)27-16(10-23-19)13-7-24-20(29)25-8-13/h4-11H,1-3H3,(H,22,23)(H,24,25,29). The molecule has 0 amide bonds. The molecule has 2 N–H and O–H groups in total. The zero-order chi connectivity index (χ0) is 20.2. The van der Waals surface area contributed by atoms with E-state index in [1.54, 1.807) is 12.4 Å². The molecule has 0 saturated heterocycles. The van der Waals surface area contributed by atoms with Crippen LogP contribution in [0.5, 0.6) is 0 Å². The van der Waals surface area contributed by atoms with Gasteiger partial charge in [0.25, 0.3) is 0 Å². The molecular formula is C21H19N7O. The zero-order valence-corrected chi connectivity index (χ0v) is 16.3. The van der Waals surface area contributed by atoms with Crippen LogP contribution in [0.25, 0.3) is 44.6 Å². The molecule has 29 heavy (non-hydrogen) atoms. The first kappa shape index (κ1) is 17.3. The van der Waals surface area contributed by atoms with Gasteiger partial charge in [-0.05, 0) is 38.5 Å². The van der Waals surface area contributed by atoms with Gasteiger partial charge in [0.15, 0.2) is 5.65 Å². The van der Waals surface area contributed by atoms with Gasteiger partial charge in [-0.15, -0.1) is 0 Å². The number of hydrogen-bond acceptors (Lipinski definition) is 5. The number of hydrogen-bond donors (Lipinski definition) is 2. The number of imidazole rings is 1. The van der Waals surface area contributed by atoms with Gasteiger partial charge in [-0.1, -0.05) is 6.07 Å². The predicted octanol–water partition coefficient (Wildman–Crippen LogP) is 3.48. The van der Waals surface area contributed by atoms with Crippen molar-refractivity contribution >= 4 is 22.2 Å². The van der Waals surface area contributed by atoms with Gasteiger partial charge in [-0.3, -0.25) is 0 Å². The number of aromatic nitrogens is 7. The van der Waals surface area contributed by atoms with Gasteiger partial charge >= 0.3 is 5.69 Å². The van der Waals surface area contributed by atoms with Crippen LogP contribution in [0.2, 0.25) is 0 Å². The normalized spacial score (nSPS) is 12.1. The SMILES string of the molecule is CC(C)(C)n1cnc2ccc(-c3c[nH]c4ncc(-c5cnc(=O)[nH]c5)nc34)cc21. The molecular weight excluding hydrogens is 366 g/mol. The highest BCUT2D eigenvalue weighted by Gasteiger charge is 2.17. The van der Waals surface area contributed by atoms with Crippen molar-refractivity contribution in [1.29, 1.82) is 0 Å². The Balaban J connectivity index is 1.68. The van der Waals surface area contributed by atoms with E-state index in [0.29, 0.717) is 16.9 Å². The van der Waals surface area contributed by atoms with Crippen LogP contribution in [-0.2, 0) is 5.54 Å². The van der Waals surface area contributed by atoms with E-state index in [1.165, 1.54) is 6.20 Å². The van der Waals surface area contributed by atoms with Crippen LogP contribution >= 0.6 is 0 Å². The maximum absolute atomic E-state index is 11.2. The monoisotopic (exact) mass is 385 g/mol. The molecule has 0 radical (unpaired) electrons. The van der Waals surface area contributed by atoms with Crippen molar-refractivity contribution in [3.63, 3.8) is 0 Å². The van der Waals surface area contributed by atoms with Crippen molar-refractivity contribution < 1.29 is 0 Å². The van der Waals surface area contributed by atoms with Gasteiger partial charge in [0, 0.05) is 35.3 Å². The largest absolute Gasteiger partial charge is 0.344 e. The van der Waals surface area contributed by atoms with Gasteiger partial charge in [-0.25, -0.2) is 24.7 Å². The number of nitrogens with one attached hydrogen (secondary N) is 2. The summed E-state index contributed by atoms with van der Waals surface area (Å²) >= 11 is 0. The predicted molar refractivity (Wildman–Crippen MR) is 111 cm³/mol. The summed E-state index contributed by atoms with van der Waals surface area (Å²) in [5.74, 6) is 0. The summed E-state index contributed by atoms with van der Waals surface area (Å²) in [6.07, 6.45) is 8.54. The molecule has 144 valence electrons. The van der Waals surface area contributed by atoms with E-state index in [2.05, 4.69) is 56.3 Å². The Kier molecular flexibility index (Phi) is 3.64. The second-order valence-corrected chi connectivity index (χ2v) is 7.95. The lowest BCUT2D eigenvalue weighted by Gasteiger charge is -2.21. The lowest BCUT2D eigenvalue weighted by molar-refractivity contribution is 0.408. The van der Waals surface area contributed by atoms with Gasteiger partial charge in [0.2, 0.25) is 0 Å². The molecule has 0 aliphatic rings. The van der Waals surface area contributed by atoms with Crippen molar-refractivity contribution in [2.45, 2.75) is 26.3 Å². The summed E-state index contributed by atoms with van der Waals surface area (Å²) in [6, 6.07) is 6.20. The third-order valence-corrected chi connectivity index (χ3v) is 4.93. The summed E-state index contributed by atoms with van der Waals surface area (Å²) in [7, 11) is 0. The second kappa shape index (κ2) is 6.10. The average molecular weight is 385 g/mol. The van der Waals surface area contributed by atoms with E-state index in [0.717, 1.165) is 27.7 Å². The highest BCUT2D eigenvalue weighted by Crippen LogP contribution is 2.31. The quantitative estimate of drug-likeness (QED) is 0.484. The van der Waals surface area contributed by atoms with Crippen LogP contribution in [0.15, 0.2) is 54.1 Å². The van der Waals surface area contributed by atoms with Crippen molar-refractivity contribution in [2.75, 3.05) is 0 Å². The Morgan fingerprint density at radius 2 is 1.83 bits per heavy atom. The third-order valence-electron chi connectivity index (χ3n) is 4.93. The summed E-state index contributed by atoms with van der Waals surface area (Å²) in [4.78, 5) is 34.5. The molecule has 0 aliphatic carbocycles. The Morgan fingerprint density at radius 3 is 2.59 bits per heavy atom. The summed E-state index contributed by atoms with van der Waals surface area (Å²) in [5.41, 5.74) is 6.34. The molecule has 0 unspecified atom stereocenters. The highest BCUT2D eigenvalue weighted by atomic mass is 16.1. The van der Waals surface area contributed by atoms with E-state index in [-0.39, 0.29) is 5.54 Å². The zero-order valence-electron chi connectivity index (χ0n) is 16.3. The lowest BCUT2D eigenvalue weighted by atomic mass is 10.1. The van der Waals surface area contributed by atoms with E-state index >= 15 is 0 Å². The van der Waals surface area contributed by atoms with Crippen LogP contribution in [0, 0.1) is 0 Å². The van der Waals surface area contributed by atoms with Crippen LogP contribution in [-0.4, -0.2) is 34.5 Å². The first-order valence-corrected chi connectivity index (χ1v) is 9.27. The first-order chi connectivity index (χ1) is 13.9. The second-order valence-electron chi connectivity index (χ2n) is 7.95. The molecule has 8 heteroatoms. The van der Waals surface area contributed by atoms with Gasteiger partial charge in [0.05, 0.1) is 29.3 Å². The van der Waals surface area contributed by atoms with E-state index < -0.39 is 5.69 Å². The van der Waals surface area contributed by atoms with E-state index in [9.17, 15) is 4.79 Å². The molecule has 0 fully saturated rings. The van der Waals surface area contributed by atoms with Crippen molar-refractivity contribution in [3.05, 3.63) is 59.8 Å². The number of rotatable bonds is 2. The maximum atomic E-state index is 11.2. The molecule has 1 aromatic carbocycles. The first-order valence-electron chi connectivity index (χ1n) is 9.27. The van der Waals surface area contributed by atoms with E-state index in [4.69, 9.17) is 4.98 Å². The molecule has 4 aromatic heterocycles. The molecule has 5 rings (SSSR count). The minimum absolute atomic E-state index is 0.0716. The Labute approximate surface area is 165 Å². The van der Waals surface area contributed by atoms with Crippen molar-refractivity contribution in [3.8, 4) is 22.4 Å². The number of H-pyrrole nitrogens is 2. The molecule has 0 atom stereocenters. The van der Waals surface area contributed by atoms with Crippen LogP contribution < -0.4 is 5.69 Å². The molecule has 4 heterocycles. The molecule has 0 saturated carbocycles. The maximum Gasteiger partial charge on any atom is 0.344 e. The van der Waals surface area contributed by atoms with Gasteiger partial charge in [0.1, 0.15) is 5.52 Å². The summed E-state index contributed by atoms with van der Waals surface area (Å²) in [6.45, 7) is 6.47. The number of aromatic amines is 2. The average Bonchev–Trinajstić information content (AvgIpc) is 3.31. The van der Waals surface area contributed by atoms with Gasteiger partial charge < -0.3 is 14.5 Å². The van der Waals surface area contributed by atoms with Crippen LogP contribution in [0.3, 0.4) is 0 Å².